The van der Waals surface area contributed by atoms with Gasteiger partial charge in [0.2, 0.25) is 5.91 Å². The van der Waals surface area contributed by atoms with E-state index < -0.39 is 11.9 Å². The largest absolute Gasteiger partial charge is 0.354 e. The van der Waals surface area contributed by atoms with Gasteiger partial charge in [-0.25, -0.2) is 4.90 Å². The third-order valence-corrected chi connectivity index (χ3v) is 4.47. The maximum absolute atomic E-state index is 12.5. The van der Waals surface area contributed by atoms with Crippen molar-refractivity contribution in [3.63, 3.8) is 0 Å². The second-order valence-corrected chi connectivity index (χ2v) is 6.52. The molecule has 2 aromatic rings. The van der Waals surface area contributed by atoms with Gasteiger partial charge in [0.25, 0.3) is 17.7 Å². The molecular weight excluding hydrogens is 358 g/mol. The molecule has 0 aliphatic carbocycles. The molecule has 1 aliphatic rings. The van der Waals surface area contributed by atoms with Crippen molar-refractivity contribution in [1.82, 2.24) is 10.6 Å². The minimum Gasteiger partial charge on any atom is -0.354 e. The van der Waals surface area contributed by atoms with Crippen LogP contribution in [-0.2, 0) is 4.79 Å². The van der Waals surface area contributed by atoms with E-state index in [0.717, 1.165) is 11.3 Å². The smallest absolute Gasteiger partial charge is 0.266 e. The molecule has 2 N–H and O–H groups in total. The van der Waals surface area contributed by atoms with Crippen LogP contribution in [0.5, 0.6) is 0 Å². The number of amides is 4. The molecule has 0 radical (unpaired) electrons. The quantitative estimate of drug-likeness (QED) is 0.752. The second-order valence-electron chi connectivity index (χ2n) is 6.52. The highest BCUT2D eigenvalue weighted by atomic mass is 16.2. The number of benzene rings is 2. The van der Waals surface area contributed by atoms with Gasteiger partial charge in [0.1, 0.15) is 6.04 Å². The van der Waals surface area contributed by atoms with E-state index >= 15 is 0 Å². The summed E-state index contributed by atoms with van der Waals surface area (Å²) in [6, 6.07) is 12.1. The molecule has 144 valence electrons. The summed E-state index contributed by atoms with van der Waals surface area (Å²) in [4.78, 5) is 50.3. The predicted molar refractivity (Wildman–Crippen MR) is 104 cm³/mol. The second kappa shape index (κ2) is 8.04. The summed E-state index contributed by atoms with van der Waals surface area (Å²) in [5.74, 6) is -1.44. The zero-order chi connectivity index (χ0) is 20.3. The summed E-state index contributed by atoms with van der Waals surface area (Å²) >= 11 is 0. The molecular formula is C21H21N3O4. The predicted octanol–water partition coefficient (Wildman–Crippen LogP) is 2.13. The first-order valence-electron chi connectivity index (χ1n) is 9.10. The first-order chi connectivity index (χ1) is 13.4. The first kappa shape index (κ1) is 19.3. The van der Waals surface area contributed by atoms with Crippen molar-refractivity contribution in [2.75, 3.05) is 11.4 Å². The van der Waals surface area contributed by atoms with Crippen LogP contribution in [0, 0.1) is 0 Å². The van der Waals surface area contributed by atoms with Crippen LogP contribution in [-0.4, -0.2) is 36.2 Å². The molecule has 0 saturated heterocycles. The first-order valence-corrected chi connectivity index (χ1v) is 9.10. The minimum absolute atomic E-state index is 0.252. The molecule has 28 heavy (non-hydrogen) atoms. The number of rotatable bonds is 6. The molecule has 0 bridgehead atoms. The number of imide groups is 1. The lowest BCUT2D eigenvalue weighted by atomic mass is 10.1. The van der Waals surface area contributed by atoms with E-state index in [0.29, 0.717) is 28.9 Å². The van der Waals surface area contributed by atoms with Gasteiger partial charge in [-0.15, -0.1) is 0 Å². The molecule has 1 heterocycles. The van der Waals surface area contributed by atoms with Crippen LogP contribution in [0.2, 0.25) is 0 Å². The van der Waals surface area contributed by atoms with Crippen molar-refractivity contribution in [3.05, 3.63) is 65.2 Å². The number of nitrogens with zero attached hydrogens (tertiary/aromatic N) is 1. The number of fused-ring (bicyclic) bond motifs is 1. The number of hydrogen-bond acceptors (Lipinski definition) is 4. The summed E-state index contributed by atoms with van der Waals surface area (Å²) in [6.45, 7) is 4.10. The Morgan fingerprint density at radius 2 is 1.54 bits per heavy atom. The lowest BCUT2D eigenvalue weighted by Gasteiger charge is -2.16. The van der Waals surface area contributed by atoms with Gasteiger partial charge in [-0.05, 0) is 49.7 Å². The fourth-order valence-electron chi connectivity index (χ4n) is 2.93. The lowest BCUT2D eigenvalue weighted by Crippen LogP contribution is -2.45. The Bertz CT molecular complexity index is 902. The van der Waals surface area contributed by atoms with E-state index in [2.05, 4.69) is 10.6 Å². The molecule has 0 aromatic heterocycles. The van der Waals surface area contributed by atoms with E-state index in [4.69, 9.17) is 0 Å². The van der Waals surface area contributed by atoms with Gasteiger partial charge in [-0.2, -0.15) is 0 Å². The van der Waals surface area contributed by atoms with Gasteiger partial charge in [-0.1, -0.05) is 19.1 Å². The van der Waals surface area contributed by atoms with Crippen LogP contribution in [0.3, 0.4) is 0 Å². The molecule has 0 spiro atoms. The summed E-state index contributed by atoms with van der Waals surface area (Å²) in [5.41, 5.74) is 1.44. The van der Waals surface area contributed by atoms with Gasteiger partial charge >= 0.3 is 0 Å². The topological polar surface area (TPSA) is 95.6 Å². The highest BCUT2D eigenvalue weighted by Crippen LogP contribution is 2.28. The van der Waals surface area contributed by atoms with Gasteiger partial charge < -0.3 is 10.6 Å². The van der Waals surface area contributed by atoms with Gasteiger partial charge in [-0.3, -0.25) is 19.2 Å². The molecule has 0 saturated carbocycles. The van der Waals surface area contributed by atoms with E-state index in [1.54, 1.807) is 43.3 Å². The molecule has 4 amide bonds. The monoisotopic (exact) mass is 379 g/mol. The molecule has 7 heteroatoms. The fraction of sp³-hybridized carbons (Fsp3) is 0.238. The molecule has 0 unspecified atom stereocenters. The van der Waals surface area contributed by atoms with Crippen LogP contribution in [0.1, 0.15) is 51.3 Å². The van der Waals surface area contributed by atoms with Gasteiger partial charge in [0, 0.05) is 12.1 Å². The molecule has 3 rings (SSSR count). The van der Waals surface area contributed by atoms with E-state index in [1.807, 2.05) is 6.92 Å². The Morgan fingerprint density at radius 1 is 0.964 bits per heavy atom. The lowest BCUT2D eigenvalue weighted by molar-refractivity contribution is -0.122. The summed E-state index contributed by atoms with van der Waals surface area (Å²) in [5, 5.41) is 5.35. The summed E-state index contributed by atoms with van der Waals surface area (Å²) < 4.78 is 0. The third-order valence-electron chi connectivity index (χ3n) is 4.47. The summed E-state index contributed by atoms with van der Waals surface area (Å²) in [6.07, 6.45) is 0.811. The Kier molecular flexibility index (Phi) is 5.54. The molecule has 0 fully saturated rings. The Morgan fingerprint density at radius 3 is 2.07 bits per heavy atom. The van der Waals surface area contributed by atoms with Crippen molar-refractivity contribution in [2.24, 2.45) is 0 Å². The van der Waals surface area contributed by atoms with E-state index in [-0.39, 0.29) is 17.7 Å². The number of nitrogens with one attached hydrogen (secondary N) is 2. The number of anilines is 1. The molecule has 1 aliphatic heterocycles. The van der Waals surface area contributed by atoms with Gasteiger partial charge in [0.15, 0.2) is 0 Å². The minimum atomic E-state index is -0.671. The number of carbonyl (C=O) groups is 4. The molecule has 7 nitrogen and oxygen atoms in total. The fourth-order valence-corrected chi connectivity index (χ4v) is 2.93. The SMILES string of the molecule is CCCNC(=O)[C@@H](C)NC(=O)c1ccc(N2C(=O)c3ccccc3C2=O)cc1. The van der Waals surface area contributed by atoms with Crippen molar-refractivity contribution < 1.29 is 19.2 Å². The Labute approximate surface area is 162 Å². The number of carbonyl (C=O) groups excluding carboxylic acids is 4. The Balaban J connectivity index is 1.71. The van der Waals surface area contributed by atoms with Crippen LogP contribution >= 0.6 is 0 Å². The van der Waals surface area contributed by atoms with Crippen molar-refractivity contribution in [3.8, 4) is 0 Å². The van der Waals surface area contributed by atoms with Crippen LogP contribution in [0.15, 0.2) is 48.5 Å². The molecule has 1 atom stereocenters. The normalized spacial score (nSPS) is 13.9. The average molecular weight is 379 g/mol. The van der Waals surface area contributed by atoms with Crippen molar-refractivity contribution in [1.29, 1.82) is 0 Å². The standard InChI is InChI=1S/C21H21N3O4/c1-3-12-22-18(25)13(2)23-19(26)14-8-10-15(11-9-14)24-20(27)16-6-4-5-7-17(16)21(24)28/h4-11,13H,3,12H2,1-2H3,(H,22,25)(H,23,26)/t13-/m1/s1. The zero-order valence-corrected chi connectivity index (χ0v) is 15.7. The zero-order valence-electron chi connectivity index (χ0n) is 15.7. The van der Waals surface area contributed by atoms with E-state index in [1.165, 1.54) is 12.1 Å². The van der Waals surface area contributed by atoms with E-state index in [9.17, 15) is 19.2 Å². The highest BCUT2D eigenvalue weighted by Gasteiger charge is 2.36. The summed E-state index contributed by atoms with van der Waals surface area (Å²) in [7, 11) is 0. The van der Waals surface area contributed by atoms with Crippen molar-refractivity contribution >= 4 is 29.3 Å². The van der Waals surface area contributed by atoms with Crippen molar-refractivity contribution in [2.45, 2.75) is 26.3 Å². The van der Waals surface area contributed by atoms with Crippen LogP contribution in [0.25, 0.3) is 0 Å². The average Bonchev–Trinajstić information content (AvgIpc) is 2.97. The maximum atomic E-state index is 12.5. The number of hydrogen-bond donors (Lipinski definition) is 2. The van der Waals surface area contributed by atoms with Crippen LogP contribution in [0.4, 0.5) is 5.69 Å². The molecule has 2 aromatic carbocycles. The van der Waals surface area contributed by atoms with Crippen LogP contribution < -0.4 is 15.5 Å². The Hall–Kier alpha value is -3.48. The third kappa shape index (κ3) is 3.64. The van der Waals surface area contributed by atoms with Gasteiger partial charge in [0.05, 0.1) is 16.8 Å². The maximum Gasteiger partial charge on any atom is 0.266 e. The highest BCUT2D eigenvalue weighted by molar-refractivity contribution is 6.34.